The zero-order chi connectivity index (χ0) is 47.5. The molecule has 0 amide bonds. The summed E-state index contributed by atoms with van der Waals surface area (Å²) >= 11 is 0. The number of hydrogen-bond acceptors (Lipinski definition) is 3. The van der Waals surface area contributed by atoms with E-state index < -0.39 is 16.1 Å². The maximum atomic E-state index is 2.81. The zero-order valence-corrected chi connectivity index (χ0v) is 44.6. The van der Waals surface area contributed by atoms with E-state index in [1.807, 2.05) is 0 Å². The molecule has 0 N–H and O–H groups in total. The first-order valence-corrected chi connectivity index (χ1v) is 31.5. The third-order valence-corrected chi connectivity index (χ3v) is 24.3. The smallest absolute Gasteiger partial charge is 0.251 e. The van der Waals surface area contributed by atoms with Crippen molar-refractivity contribution in [1.82, 2.24) is 0 Å². The standard InChI is InChI=1S/C62H68BN3Si2/c1-59(2,3)41-36-42(60(4,5)6)38-44(37-41)65-51-27-21-29-55-58(51)63-56-52(39-45(40-53(56)65)66-49-25-17-16-24-48(49)61(7)34-18-19-35-62(61,66)8)64(43-30-32-46(33-31-43)67(9,10)11)50-26-20-28-54(57(50)63)68(55,12)47-22-14-13-15-23-47/h13-17,20-33,36-40H,18-19,34-35H2,1-12H3/t61?,62?,68-/m0/s1. The number of nitrogens with zero attached hydrogens (tertiary/aromatic N) is 3. The van der Waals surface area contributed by atoms with E-state index in [1.165, 1.54) is 119 Å². The molecule has 0 bridgehead atoms. The van der Waals surface area contributed by atoms with Crippen LogP contribution in [0.15, 0.2) is 146 Å². The van der Waals surface area contributed by atoms with Gasteiger partial charge in [-0.15, -0.1) is 0 Å². The summed E-state index contributed by atoms with van der Waals surface area (Å²) in [5, 5.41) is 6.03. The van der Waals surface area contributed by atoms with Crippen molar-refractivity contribution >= 4 is 105 Å². The van der Waals surface area contributed by atoms with Crippen molar-refractivity contribution in [3.8, 4) is 0 Å². The average Bonchev–Trinajstić information content (AvgIpc) is 3.52. The van der Waals surface area contributed by atoms with Crippen LogP contribution in [0.1, 0.15) is 97.8 Å². The van der Waals surface area contributed by atoms with E-state index in [1.54, 1.807) is 0 Å². The van der Waals surface area contributed by atoms with Crippen molar-refractivity contribution in [3.05, 3.63) is 162 Å². The van der Waals surface area contributed by atoms with Gasteiger partial charge in [-0.2, -0.15) is 0 Å². The second-order valence-corrected chi connectivity index (χ2v) is 33.7. The fraction of sp³-hybridized carbons (Fsp3) is 0.323. The van der Waals surface area contributed by atoms with Crippen molar-refractivity contribution < 1.29 is 0 Å². The van der Waals surface area contributed by atoms with Gasteiger partial charge in [0.15, 0.2) is 0 Å². The van der Waals surface area contributed by atoms with Crippen LogP contribution >= 0.6 is 0 Å². The van der Waals surface area contributed by atoms with E-state index in [2.05, 4.69) is 242 Å². The quantitative estimate of drug-likeness (QED) is 0.159. The minimum atomic E-state index is -2.58. The van der Waals surface area contributed by atoms with Crippen LogP contribution in [-0.2, 0) is 16.2 Å². The molecule has 3 atom stereocenters. The molecule has 7 aromatic rings. The van der Waals surface area contributed by atoms with Gasteiger partial charge in [-0.05, 0) is 123 Å². The lowest BCUT2D eigenvalue weighted by molar-refractivity contribution is 0.195. The highest BCUT2D eigenvalue weighted by Gasteiger charge is 2.59. The van der Waals surface area contributed by atoms with Crippen molar-refractivity contribution in [2.75, 3.05) is 14.7 Å². The molecule has 1 aliphatic carbocycles. The van der Waals surface area contributed by atoms with Crippen LogP contribution < -0.4 is 51.8 Å². The average molecular weight is 922 g/mol. The van der Waals surface area contributed by atoms with Gasteiger partial charge in [-0.25, -0.2) is 0 Å². The minimum Gasteiger partial charge on any atom is -0.334 e. The third-order valence-electron chi connectivity index (χ3n) is 17.7. The van der Waals surface area contributed by atoms with E-state index in [0.29, 0.717) is 0 Å². The minimum absolute atomic E-state index is 0.0303. The monoisotopic (exact) mass is 922 g/mol. The molecule has 342 valence electrons. The summed E-state index contributed by atoms with van der Waals surface area (Å²) in [7, 11) is -4.14. The summed E-state index contributed by atoms with van der Waals surface area (Å²) in [6, 6.07) is 58.3. The molecule has 5 aliphatic rings. The van der Waals surface area contributed by atoms with E-state index in [4.69, 9.17) is 0 Å². The molecular weight excluding hydrogens is 854 g/mol. The van der Waals surface area contributed by atoms with Crippen LogP contribution in [0.25, 0.3) is 0 Å². The molecule has 68 heavy (non-hydrogen) atoms. The fourth-order valence-corrected chi connectivity index (χ4v) is 19.1. The lowest BCUT2D eigenvalue weighted by Gasteiger charge is -2.52. The Morgan fingerprint density at radius 2 is 1.04 bits per heavy atom. The Balaban J connectivity index is 1.24. The predicted octanol–water partition coefficient (Wildman–Crippen LogP) is 12.1. The Hall–Kier alpha value is -5.56. The first-order chi connectivity index (χ1) is 32.2. The van der Waals surface area contributed by atoms with E-state index in [9.17, 15) is 0 Å². The highest BCUT2D eigenvalue weighted by molar-refractivity contribution is 7.21. The number of para-hydroxylation sites is 1. The normalized spacial score (nSPS) is 22.2. The number of hydrogen-bond donors (Lipinski definition) is 0. The molecule has 0 aromatic heterocycles. The second kappa shape index (κ2) is 14.5. The molecule has 0 saturated heterocycles. The van der Waals surface area contributed by atoms with Crippen LogP contribution in [0.3, 0.4) is 0 Å². The highest BCUT2D eigenvalue weighted by atomic mass is 28.3. The number of anilines is 8. The van der Waals surface area contributed by atoms with Gasteiger partial charge < -0.3 is 14.7 Å². The molecule has 0 radical (unpaired) electrons. The summed E-state index contributed by atoms with van der Waals surface area (Å²) < 4.78 is 0. The first kappa shape index (κ1) is 43.7. The Morgan fingerprint density at radius 3 is 1.62 bits per heavy atom. The van der Waals surface area contributed by atoms with Gasteiger partial charge in [-0.1, -0.05) is 194 Å². The van der Waals surface area contributed by atoms with Gasteiger partial charge >= 0.3 is 0 Å². The van der Waals surface area contributed by atoms with E-state index in [0.717, 1.165) is 6.42 Å². The lowest BCUT2D eigenvalue weighted by atomic mass is 9.33. The van der Waals surface area contributed by atoms with Crippen LogP contribution in [0.2, 0.25) is 26.2 Å². The first-order valence-electron chi connectivity index (χ1n) is 25.5. The molecule has 1 fully saturated rings. The maximum absolute atomic E-state index is 2.81. The van der Waals surface area contributed by atoms with Gasteiger partial charge in [0.2, 0.25) is 0 Å². The lowest BCUT2D eigenvalue weighted by Crippen LogP contribution is -2.83. The zero-order valence-electron chi connectivity index (χ0n) is 42.6. The molecular formula is C62H68BN3Si2. The Morgan fingerprint density at radius 1 is 0.515 bits per heavy atom. The van der Waals surface area contributed by atoms with Crippen molar-refractivity contribution in [2.24, 2.45) is 0 Å². The Kier molecular flexibility index (Phi) is 9.31. The van der Waals surface area contributed by atoms with Crippen LogP contribution in [-0.4, -0.2) is 28.4 Å². The van der Waals surface area contributed by atoms with Crippen LogP contribution in [0.5, 0.6) is 0 Å². The summed E-state index contributed by atoms with van der Waals surface area (Å²) in [5.74, 6) is 0. The topological polar surface area (TPSA) is 9.72 Å². The van der Waals surface area contributed by atoms with Crippen molar-refractivity contribution in [3.63, 3.8) is 0 Å². The van der Waals surface area contributed by atoms with Crippen LogP contribution in [0, 0.1) is 0 Å². The van der Waals surface area contributed by atoms with Crippen molar-refractivity contribution in [2.45, 2.75) is 129 Å². The molecule has 0 spiro atoms. The number of benzene rings is 7. The molecule has 1 saturated carbocycles. The van der Waals surface area contributed by atoms with Gasteiger partial charge in [-0.3, -0.25) is 0 Å². The largest absolute Gasteiger partial charge is 0.334 e. The molecule has 3 nitrogen and oxygen atoms in total. The Bertz CT molecular complexity index is 3180. The van der Waals surface area contributed by atoms with Crippen LogP contribution in [0.4, 0.5) is 45.5 Å². The molecule has 12 rings (SSSR count). The third kappa shape index (κ3) is 5.95. The van der Waals surface area contributed by atoms with E-state index in [-0.39, 0.29) is 28.5 Å². The van der Waals surface area contributed by atoms with Gasteiger partial charge in [0.05, 0.1) is 13.6 Å². The summed E-state index contributed by atoms with van der Waals surface area (Å²) in [6.07, 6.45) is 4.86. The van der Waals surface area contributed by atoms with E-state index >= 15 is 0 Å². The maximum Gasteiger partial charge on any atom is 0.251 e. The molecule has 4 aliphatic heterocycles. The molecule has 4 heterocycles. The highest BCUT2D eigenvalue weighted by Crippen LogP contribution is 2.61. The molecule has 6 heteroatoms. The number of fused-ring (bicyclic) bond motifs is 3. The predicted molar refractivity (Wildman–Crippen MR) is 301 cm³/mol. The molecule has 2 unspecified atom stereocenters. The summed E-state index contributed by atoms with van der Waals surface area (Å²) in [4.78, 5) is 8.24. The SMILES string of the molecule is CC(C)(C)c1cc(N2c3cc(N4c5ccccc5C5(C)CCCCC45C)cc4c3B3c5c(cccc5[Si@](C)(c5ccccc5)c5cccc2c53)N4c2ccc([Si](C)(C)C)cc2)cc(C(C)(C)C)c1. The van der Waals surface area contributed by atoms with Gasteiger partial charge in [0, 0.05) is 50.9 Å². The Labute approximate surface area is 409 Å². The second-order valence-electron chi connectivity index (χ2n) is 24.7. The van der Waals surface area contributed by atoms with Crippen molar-refractivity contribution in [1.29, 1.82) is 0 Å². The molecule has 7 aromatic carbocycles. The van der Waals surface area contributed by atoms with Gasteiger partial charge in [0.25, 0.3) is 6.71 Å². The fourth-order valence-electron chi connectivity index (χ4n) is 13.7. The number of rotatable bonds is 5. The van der Waals surface area contributed by atoms with Gasteiger partial charge in [0.1, 0.15) is 8.07 Å². The summed E-state index contributed by atoms with van der Waals surface area (Å²) in [6.45, 7) is 29.6. The summed E-state index contributed by atoms with van der Waals surface area (Å²) in [5.41, 5.74) is 18.9.